The van der Waals surface area contributed by atoms with Crippen LogP contribution >= 0.6 is 0 Å². The zero-order chi connectivity index (χ0) is 14.7. The average Bonchev–Trinajstić information content (AvgIpc) is 2.76. The van der Waals surface area contributed by atoms with Crippen molar-refractivity contribution in [1.29, 1.82) is 0 Å². The SMILES string of the molecule is [C-]#[N+]/C(CC)=c1\c2ccccc2/c(=C(/CC)[N+]#[C-])n1C. The number of benzene rings is 1. The Morgan fingerprint density at radius 2 is 1.35 bits per heavy atom. The first-order chi connectivity index (χ1) is 9.69. The molecule has 2 aromatic rings. The Bertz CT molecular complexity index is 783. The van der Waals surface area contributed by atoms with Gasteiger partial charge in [0.05, 0.1) is 13.1 Å². The molecule has 2 rings (SSSR count). The van der Waals surface area contributed by atoms with Gasteiger partial charge >= 0.3 is 0 Å². The molecule has 1 aromatic carbocycles. The summed E-state index contributed by atoms with van der Waals surface area (Å²) in [6.45, 7) is 18.8. The summed E-state index contributed by atoms with van der Waals surface area (Å²) < 4.78 is 2.01. The van der Waals surface area contributed by atoms with Crippen LogP contribution in [0.3, 0.4) is 0 Å². The van der Waals surface area contributed by atoms with Crippen LogP contribution in [-0.2, 0) is 7.05 Å². The minimum Gasteiger partial charge on any atom is -0.363 e. The third kappa shape index (κ3) is 1.98. The Balaban J connectivity index is 3.24. The van der Waals surface area contributed by atoms with E-state index in [1.165, 1.54) is 0 Å². The van der Waals surface area contributed by atoms with E-state index in [1.807, 2.05) is 49.7 Å². The predicted octanol–water partition coefficient (Wildman–Crippen LogP) is 3.05. The minimum atomic E-state index is 0.699. The van der Waals surface area contributed by atoms with E-state index in [9.17, 15) is 0 Å². The molecule has 3 heteroatoms. The third-order valence-corrected chi connectivity index (χ3v) is 3.59. The van der Waals surface area contributed by atoms with Crippen molar-refractivity contribution >= 4 is 22.2 Å². The Kier molecular flexibility index (Phi) is 3.91. The lowest BCUT2D eigenvalue weighted by Gasteiger charge is -1.99. The molecule has 0 aliphatic rings. The van der Waals surface area contributed by atoms with Crippen LogP contribution < -0.4 is 10.7 Å². The molecule has 0 radical (unpaired) electrons. The minimum absolute atomic E-state index is 0.699. The summed E-state index contributed by atoms with van der Waals surface area (Å²) in [6.07, 6.45) is 1.40. The molecule has 3 nitrogen and oxygen atoms in total. The Hall–Kier alpha value is -2.52. The van der Waals surface area contributed by atoms with Gasteiger partial charge in [-0.25, -0.2) is 9.69 Å². The largest absolute Gasteiger partial charge is 0.363 e. The molecule has 100 valence electrons. The molecular formula is C17H17N3. The summed E-state index contributed by atoms with van der Waals surface area (Å²) in [5, 5.41) is 4.02. The van der Waals surface area contributed by atoms with E-state index in [1.54, 1.807) is 0 Å². The average molecular weight is 263 g/mol. The highest BCUT2D eigenvalue weighted by Gasteiger charge is 2.10. The van der Waals surface area contributed by atoms with Gasteiger partial charge in [-0.1, -0.05) is 38.1 Å². The van der Waals surface area contributed by atoms with Gasteiger partial charge in [0.25, 0.3) is 0 Å². The van der Waals surface area contributed by atoms with Gasteiger partial charge in [-0.2, -0.15) is 0 Å². The van der Waals surface area contributed by atoms with Crippen molar-refractivity contribution in [3.8, 4) is 0 Å². The monoisotopic (exact) mass is 263 g/mol. The van der Waals surface area contributed by atoms with Gasteiger partial charge in [0, 0.05) is 17.7 Å². The van der Waals surface area contributed by atoms with Crippen LogP contribution in [0.15, 0.2) is 24.3 Å². The fourth-order valence-electron chi connectivity index (χ4n) is 2.67. The van der Waals surface area contributed by atoms with Gasteiger partial charge in [0.1, 0.15) is 0 Å². The molecule has 0 unspecified atom stereocenters. The predicted molar refractivity (Wildman–Crippen MR) is 82.8 cm³/mol. The zero-order valence-electron chi connectivity index (χ0n) is 12.1. The van der Waals surface area contributed by atoms with Crippen molar-refractivity contribution in [2.75, 3.05) is 0 Å². The lowest BCUT2D eigenvalue weighted by molar-refractivity contribution is 0.852. The van der Waals surface area contributed by atoms with E-state index in [-0.39, 0.29) is 0 Å². The highest BCUT2D eigenvalue weighted by molar-refractivity contribution is 5.87. The normalized spacial score (nSPS) is 13.7. The number of fused-ring (bicyclic) bond motifs is 1. The zero-order valence-corrected chi connectivity index (χ0v) is 12.1. The van der Waals surface area contributed by atoms with E-state index in [0.29, 0.717) is 12.8 Å². The second kappa shape index (κ2) is 5.63. The van der Waals surface area contributed by atoms with Crippen LogP contribution in [0.1, 0.15) is 26.7 Å². The van der Waals surface area contributed by atoms with E-state index in [2.05, 4.69) is 9.69 Å². The van der Waals surface area contributed by atoms with Crippen molar-refractivity contribution in [2.24, 2.45) is 7.05 Å². The van der Waals surface area contributed by atoms with Crippen molar-refractivity contribution in [2.45, 2.75) is 26.7 Å². The molecule has 0 atom stereocenters. The molecule has 0 aliphatic heterocycles. The van der Waals surface area contributed by atoms with Crippen molar-refractivity contribution in [3.63, 3.8) is 0 Å². The standard InChI is InChI=1S/C17H17N3/c1-6-14(18-3)16-12-10-8-9-11-13(12)17(20(16)5)15(7-2)19-4/h8-11H,6-7H2,1-2,5H3/b16-14+,17-15+. The second-order valence-electron chi connectivity index (χ2n) is 4.63. The number of nitrogens with zero attached hydrogens (tertiary/aromatic N) is 3. The Labute approximate surface area is 119 Å². The Morgan fingerprint density at radius 3 is 1.65 bits per heavy atom. The van der Waals surface area contributed by atoms with Gasteiger partial charge in [-0.05, 0) is 23.6 Å². The van der Waals surface area contributed by atoms with E-state index >= 15 is 0 Å². The van der Waals surface area contributed by atoms with Crippen molar-refractivity contribution in [3.05, 3.63) is 57.8 Å². The molecular weight excluding hydrogens is 246 g/mol. The van der Waals surface area contributed by atoms with Gasteiger partial charge in [-0.15, -0.1) is 0 Å². The molecule has 0 spiro atoms. The van der Waals surface area contributed by atoms with Crippen LogP contribution in [0.4, 0.5) is 0 Å². The number of hydrogen-bond acceptors (Lipinski definition) is 0. The topological polar surface area (TPSA) is 13.7 Å². The maximum Gasteiger partial charge on any atom is 0.188 e. The lowest BCUT2D eigenvalue weighted by atomic mass is 10.1. The molecule has 0 N–H and O–H groups in total. The van der Waals surface area contributed by atoms with Gasteiger partial charge in [0.2, 0.25) is 0 Å². The molecule has 0 saturated carbocycles. The van der Waals surface area contributed by atoms with E-state index in [4.69, 9.17) is 13.1 Å². The van der Waals surface area contributed by atoms with Crippen LogP contribution in [0.25, 0.3) is 31.9 Å². The second-order valence-corrected chi connectivity index (χ2v) is 4.63. The van der Waals surface area contributed by atoms with E-state index in [0.717, 1.165) is 32.9 Å². The summed E-state index contributed by atoms with van der Waals surface area (Å²) in [4.78, 5) is 7.34. The van der Waals surface area contributed by atoms with Crippen molar-refractivity contribution in [1.82, 2.24) is 4.57 Å². The quantitative estimate of drug-likeness (QED) is 0.739. The van der Waals surface area contributed by atoms with Crippen LogP contribution in [0.5, 0.6) is 0 Å². The Morgan fingerprint density at radius 1 is 0.950 bits per heavy atom. The van der Waals surface area contributed by atoms with Gasteiger partial charge in [0.15, 0.2) is 11.4 Å². The summed E-state index contributed by atoms with van der Waals surface area (Å²) in [7, 11) is 1.95. The summed E-state index contributed by atoms with van der Waals surface area (Å²) in [5.74, 6) is 0. The first-order valence-corrected chi connectivity index (χ1v) is 6.74. The van der Waals surface area contributed by atoms with Gasteiger partial charge in [-0.3, -0.25) is 0 Å². The third-order valence-electron chi connectivity index (χ3n) is 3.59. The molecule has 0 aliphatic carbocycles. The molecule has 0 amide bonds. The molecule has 1 heterocycles. The summed E-state index contributed by atoms with van der Waals surface area (Å²) in [5.41, 5.74) is 1.49. The number of rotatable bonds is 2. The molecule has 1 aromatic heterocycles. The molecule has 0 saturated heterocycles. The van der Waals surface area contributed by atoms with Crippen LogP contribution in [0, 0.1) is 13.1 Å². The van der Waals surface area contributed by atoms with E-state index < -0.39 is 0 Å². The summed E-state index contributed by atoms with van der Waals surface area (Å²) in [6, 6.07) is 8.03. The van der Waals surface area contributed by atoms with Gasteiger partial charge < -0.3 is 4.57 Å². The maximum atomic E-state index is 7.38. The van der Waals surface area contributed by atoms with Crippen LogP contribution in [-0.4, -0.2) is 4.57 Å². The van der Waals surface area contributed by atoms with Crippen LogP contribution in [0.2, 0.25) is 0 Å². The highest BCUT2D eigenvalue weighted by atomic mass is 15.0. The maximum absolute atomic E-state index is 7.38. The smallest absolute Gasteiger partial charge is 0.188 e. The first kappa shape index (κ1) is 13.9. The highest BCUT2D eigenvalue weighted by Crippen LogP contribution is 2.12. The fourth-order valence-corrected chi connectivity index (χ4v) is 2.67. The fraction of sp³-hybridized carbons (Fsp3) is 0.294. The number of aromatic nitrogens is 1. The lowest BCUT2D eigenvalue weighted by Crippen LogP contribution is -2.26. The summed E-state index contributed by atoms with van der Waals surface area (Å²) >= 11 is 0. The molecule has 0 bridgehead atoms. The molecule has 20 heavy (non-hydrogen) atoms. The van der Waals surface area contributed by atoms with Crippen molar-refractivity contribution < 1.29 is 0 Å². The molecule has 0 fully saturated rings. The number of hydrogen-bond donors (Lipinski definition) is 0. The first-order valence-electron chi connectivity index (χ1n) is 6.74.